The third-order valence-electron chi connectivity index (χ3n) is 4.96. The number of hydrogen-bond donors (Lipinski definition) is 1. The minimum Gasteiger partial charge on any atom is -0.452 e. The SMILES string of the molecule is C[C@@H](OC(=O)C1CCN(C(=O)c2ccc(F)cc2)CC1)C(=O)Nc1cccc(F)c1. The lowest BCUT2D eigenvalue weighted by Gasteiger charge is -2.31. The fraction of sp³-hybridized carbons (Fsp3) is 0.318. The van der Waals surface area contributed by atoms with E-state index >= 15 is 0 Å². The Balaban J connectivity index is 1.48. The Morgan fingerprint density at radius 1 is 1.03 bits per heavy atom. The van der Waals surface area contributed by atoms with Gasteiger partial charge in [-0.25, -0.2) is 8.78 Å². The van der Waals surface area contributed by atoms with Crippen molar-refractivity contribution >= 4 is 23.5 Å². The van der Waals surface area contributed by atoms with E-state index in [0.717, 1.165) is 0 Å². The van der Waals surface area contributed by atoms with Gasteiger partial charge in [-0.15, -0.1) is 0 Å². The molecular formula is C22H22F2N2O4. The molecule has 1 fully saturated rings. The average Bonchev–Trinajstić information content (AvgIpc) is 2.74. The van der Waals surface area contributed by atoms with Crippen LogP contribution >= 0.6 is 0 Å². The number of carbonyl (C=O) groups is 3. The molecule has 0 unspecified atom stereocenters. The van der Waals surface area contributed by atoms with Crippen LogP contribution in [0.1, 0.15) is 30.1 Å². The summed E-state index contributed by atoms with van der Waals surface area (Å²) in [6, 6.07) is 10.7. The fourth-order valence-electron chi connectivity index (χ4n) is 3.23. The van der Waals surface area contributed by atoms with Gasteiger partial charge < -0.3 is 15.0 Å². The van der Waals surface area contributed by atoms with Crippen molar-refractivity contribution in [3.8, 4) is 0 Å². The van der Waals surface area contributed by atoms with Crippen molar-refractivity contribution in [2.75, 3.05) is 18.4 Å². The van der Waals surface area contributed by atoms with Gasteiger partial charge in [-0.05, 0) is 62.2 Å². The van der Waals surface area contributed by atoms with Gasteiger partial charge in [0.15, 0.2) is 6.10 Å². The van der Waals surface area contributed by atoms with Gasteiger partial charge in [0.05, 0.1) is 5.92 Å². The Kier molecular flexibility index (Phi) is 6.76. The summed E-state index contributed by atoms with van der Waals surface area (Å²) < 4.78 is 31.5. The molecule has 0 spiro atoms. The first-order valence-electron chi connectivity index (χ1n) is 9.65. The van der Waals surface area contributed by atoms with Crippen molar-refractivity contribution in [3.63, 3.8) is 0 Å². The largest absolute Gasteiger partial charge is 0.452 e. The van der Waals surface area contributed by atoms with Crippen molar-refractivity contribution in [1.29, 1.82) is 0 Å². The molecule has 0 aromatic heterocycles. The Bertz CT molecular complexity index is 925. The minimum atomic E-state index is -1.04. The summed E-state index contributed by atoms with van der Waals surface area (Å²) in [5.74, 6) is -2.61. The molecule has 1 saturated heterocycles. The molecular weight excluding hydrogens is 394 g/mol. The number of rotatable bonds is 5. The number of esters is 1. The van der Waals surface area contributed by atoms with Crippen LogP contribution in [0.4, 0.5) is 14.5 Å². The molecule has 0 radical (unpaired) electrons. The van der Waals surface area contributed by atoms with Gasteiger partial charge in [0.25, 0.3) is 11.8 Å². The quantitative estimate of drug-likeness (QED) is 0.759. The highest BCUT2D eigenvalue weighted by Gasteiger charge is 2.30. The van der Waals surface area contributed by atoms with Crippen molar-refractivity contribution in [2.45, 2.75) is 25.9 Å². The summed E-state index contributed by atoms with van der Waals surface area (Å²) >= 11 is 0. The van der Waals surface area contributed by atoms with E-state index in [4.69, 9.17) is 4.74 Å². The lowest BCUT2D eigenvalue weighted by molar-refractivity contribution is -0.158. The first kappa shape index (κ1) is 21.4. The number of piperidine rings is 1. The van der Waals surface area contributed by atoms with E-state index in [1.54, 1.807) is 4.90 Å². The lowest BCUT2D eigenvalue weighted by atomic mass is 9.96. The number of ether oxygens (including phenoxy) is 1. The molecule has 3 rings (SSSR count). The van der Waals surface area contributed by atoms with Gasteiger partial charge >= 0.3 is 5.97 Å². The second-order valence-corrected chi connectivity index (χ2v) is 7.15. The normalized spacial score (nSPS) is 15.4. The molecule has 2 aromatic rings. The predicted molar refractivity (Wildman–Crippen MR) is 106 cm³/mol. The van der Waals surface area contributed by atoms with E-state index in [1.807, 2.05) is 0 Å². The van der Waals surface area contributed by atoms with E-state index in [-0.39, 0.29) is 11.6 Å². The molecule has 0 aliphatic carbocycles. The number of carbonyl (C=O) groups excluding carboxylic acids is 3. The number of nitrogens with one attached hydrogen (secondary N) is 1. The lowest BCUT2D eigenvalue weighted by Crippen LogP contribution is -2.41. The number of hydrogen-bond acceptors (Lipinski definition) is 4. The third kappa shape index (κ3) is 5.40. The molecule has 30 heavy (non-hydrogen) atoms. The number of amides is 2. The van der Waals surface area contributed by atoms with E-state index in [0.29, 0.717) is 31.5 Å². The summed E-state index contributed by atoms with van der Waals surface area (Å²) in [7, 11) is 0. The van der Waals surface area contributed by atoms with Crippen molar-refractivity contribution in [2.24, 2.45) is 5.92 Å². The van der Waals surface area contributed by atoms with Crippen molar-refractivity contribution < 1.29 is 27.9 Å². The summed E-state index contributed by atoms with van der Waals surface area (Å²) in [5.41, 5.74) is 0.663. The van der Waals surface area contributed by atoms with Gasteiger partial charge in [0.2, 0.25) is 0 Å². The highest BCUT2D eigenvalue weighted by Crippen LogP contribution is 2.21. The Hall–Kier alpha value is -3.29. The fourth-order valence-corrected chi connectivity index (χ4v) is 3.23. The first-order valence-corrected chi connectivity index (χ1v) is 9.65. The molecule has 1 N–H and O–H groups in total. The third-order valence-corrected chi connectivity index (χ3v) is 4.96. The van der Waals surface area contributed by atoms with Gasteiger partial charge in [-0.1, -0.05) is 6.07 Å². The summed E-state index contributed by atoms with van der Waals surface area (Å²) in [4.78, 5) is 38.6. The molecule has 2 aromatic carbocycles. The maximum Gasteiger partial charge on any atom is 0.309 e. The van der Waals surface area contributed by atoms with Crippen LogP contribution < -0.4 is 5.32 Å². The Labute approximate surface area is 172 Å². The van der Waals surface area contributed by atoms with Gasteiger partial charge in [0, 0.05) is 24.3 Å². The van der Waals surface area contributed by atoms with E-state index in [9.17, 15) is 23.2 Å². The number of benzene rings is 2. The van der Waals surface area contributed by atoms with Crippen molar-refractivity contribution in [1.82, 2.24) is 4.90 Å². The highest BCUT2D eigenvalue weighted by molar-refractivity contribution is 5.95. The highest BCUT2D eigenvalue weighted by atomic mass is 19.1. The number of nitrogens with zero attached hydrogens (tertiary/aromatic N) is 1. The van der Waals surface area contributed by atoms with Crippen LogP contribution in [-0.2, 0) is 14.3 Å². The van der Waals surface area contributed by atoms with Crippen LogP contribution in [0, 0.1) is 17.6 Å². The molecule has 2 amide bonds. The van der Waals surface area contributed by atoms with E-state index in [2.05, 4.69) is 5.32 Å². The van der Waals surface area contributed by atoms with Crippen LogP contribution in [0.15, 0.2) is 48.5 Å². The van der Waals surface area contributed by atoms with Crippen molar-refractivity contribution in [3.05, 3.63) is 65.7 Å². The maximum atomic E-state index is 13.2. The second kappa shape index (κ2) is 9.47. The summed E-state index contributed by atoms with van der Waals surface area (Å²) in [6.07, 6.45) is -0.228. The predicted octanol–water partition coefficient (Wildman–Crippen LogP) is 3.39. The summed E-state index contributed by atoms with van der Waals surface area (Å²) in [5, 5.41) is 2.50. The number of anilines is 1. The molecule has 0 bridgehead atoms. The van der Waals surface area contributed by atoms with Gasteiger partial charge in [0.1, 0.15) is 11.6 Å². The molecule has 158 valence electrons. The first-order chi connectivity index (χ1) is 14.3. The van der Waals surface area contributed by atoms with Crippen LogP contribution in [0.5, 0.6) is 0 Å². The zero-order valence-electron chi connectivity index (χ0n) is 16.4. The van der Waals surface area contributed by atoms with E-state index < -0.39 is 35.5 Å². The Morgan fingerprint density at radius 3 is 2.33 bits per heavy atom. The van der Waals surface area contributed by atoms with E-state index in [1.165, 1.54) is 55.5 Å². The number of likely N-dealkylation sites (tertiary alicyclic amines) is 1. The average molecular weight is 416 g/mol. The van der Waals surface area contributed by atoms with Crippen LogP contribution in [0.2, 0.25) is 0 Å². The Morgan fingerprint density at radius 2 is 1.70 bits per heavy atom. The number of halogens is 2. The van der Waals surface area contributed by atoms with Crippen LogP contribution in [0.3, 0.4) is 0 Å². The van der Waals surface area contributed by atoms with Gasteiger partial charge in [-0.2, -0.15) is 0 Å². The molecule has 8 heteroatoms. The molecule has 1 heterocycles. The van der Waals surface area contributed by atoms with Gasteiger partial charge in [-0.3, -0.25) is 14.4 Å². The monoisotopic (exact) mass is 416 g/mol. The molecule has 0 saturated carbocycles. The molecule has 1 aliphatic rings. The van der Waals surface area contributed by atoms with Crippen LogP contribution in [-0.4, -0.2) is 41.9 Å². The molecule has 6 nitrogen and oxygen atoms in total. The standard InChI is InChI=1S/C22H22F2N2O4/c1-14(20(27)25-19-4-2-3-18(24)13-19)30-22(29)16-9-11-26(12-10-16)21(28)15-5-7-17(23)8-6-15/h2-8,13-14,16H,9-12H2,1H3,(H,25,27)/t14-/m1/s1. The zero-order valence-corrected chi connectivity index (χ0v) is 16.4. The second-order valence-electron chi connectivity index (χ2n) is 7.15. The minimum absolute atomic E-state index is 0.218. The summed E-state index contributed by atoms with van der Waals surface area (Å²) in [6.45, 7) is 2.17. The van der Waals surface area contributed by atoms with Crippen LogP contribution in [0.25, 0.3) is 0 Å². The smallest absolute Gasteiger partial charge is 0.309 e. The zero-order chi connectivity index (χ0) is 21.7. The topological polar surface area (TPSA) is 75.7 Å². The molecule has 1 atom stereocenters. The molecule has 1 aliphatic heterocycles. The maximum absolute atomic E-state index is 13.2.